The van der Waals surface area contributed by atoms with Gasteiger partial charge in [0.2, 0.25) is 0 Å². The number of carboxylic acid groups (broad SMARTS) is 1. The predicted molar refractivity (Wildman–Crippen MR) is 100 cm³/mol. The fourth-order valence-electron chi connectivity index (χ4n) is 3.70. The van der Waals surface area contributed by atoms with Crippen molar-refractivity contribution in [1.82, 2.24) is 15.5 Å². The summed E-state index contributed by atoms with van der Waals surface area (Å²) >= 11 is 0. The molecule has 1 aromatic rings. The number of carbonyl (C=O) groups is 3. The van der Waals surface area contributed by atoms with Crippen LogP contribution in [0.1, 0.15) is 32.1 Å². The number of urea groups is 2. The van der Waals surface area contributed by atoms with Crippen molar-refractivity contribution in [2.75, 3.05) is 18.4 Å². The molecule has 1 aliphatic heterocycles. The van der Waals surface area contributed by atoms with Crippen LogP contribution < -0.4 is 16.0 Å². The minimum absolute atomic E-state index is 0.00289. The second-order valence-electron chi connectivity index (χ2n) is 7.37. The van der Waals surface area contributed by atoms with E-state index in [1.165, 1.54) is 24.3 Å². The van der Waals surface area contributed by atoms with E-state index < -0.39 is 12.0 Å². The molecule has 1 atom stereocenters. The summed E-state index contributed by atoms with van der Waals surface area (Å²) in [5.41, 5.74) is 0.489. The Kier molecular flexibility index (Phi) is 6.33. The third-order valence-electron chi connectivity index (χ3n) is 5.32. The molecule has 1 saturated heterocycles. The summed E-state index contributed by atoms with van der Waals surface area (Å²) in [5, 5.41) is 17.5. The minimum atomic E-state index is -0.767. The van der Waals surface area contributed by atoms with Crippen LogP contribution in [0.25, 0.3) is 0 Å². The normalized spacial score (nSPS) is 24.5. The van der Waals surface area contributed by atoms with Gasteiger partial charge in [0.1, 0.15) is 5.82 Å². The highest BCUT2D eigenvalue weighted by Gasteiger charge is 2.31. The van der Waals surface area contributed by atoms with Gasteiger partial charge in [-0.3, -0.25) is 4.79 Å². The van der Waals surface area contributed by atoms with Crippen LogP contribution >= 0.6 is 0 Å². The molecule has 0 radical (unpaired) electrons. The molecule has 2 aliphatic rings. The second kappa shape index (κ2) is 8.90. The van der Waals surface area contributed by atoms with Crippen molar-refractivity contribution in [3.8, 4) is 0 Å². The lowest BCUT2D eigenvalue weighted by atomic mass is 9.86. The minimum Gasteiger partial charge on any atom is -0.481 e. The Labute approximate surface area is 162 Å². The molecule has 152 valence electrons. The number of hydrogen-bond donors (Lipinski definition) is 4. The monoisotopic (exact) mass is 392 g/mol. The highest BCUT2D eigenvalue weighted by Crippen LogP contribution is 2.24. The van der Waals surface area contributed by atoms with Gasteiger partial charge in [0, 0.05) is 30.9 Å². The summed E-state index contributed by atoms with van der Waals surface area (Å²) in [4.78, 5) is 37.1. The Morgan fingerprint density at radius 3 is 2.29 bits per heavy atom. The van der Waals surface area contributed by atoms with E-state index in [1.54, 1.807) is 4.90 Å². The van der Waals surface area contributed by atoms with Crippen molar-refractivity contribution >= 4 is 23.7 Å². The quantitative estimate of drug-likeness (QED) is 0.630. The van der Waals surface area contributed by atoms with E-state index in [4.69, 9.17) is 5.11 Å². The van der Waals surface area contributed by atoms with E-state index in [0.29, 0.717) is 50.9 Å². The average molecular weight is 392 g/mol. The van der Waals surface area contributed by atoms with Gasteiger partial charge in [-0.2, -0.15) is 0 Å². The summed E-state index contributed by atoms with van der Waals surface area (Å²) in [6.45, 7) is 0.949. The number of likely N-dealkylation sites (tertiary alicyclic amines) is 1. The van der Waals surface area contributed by atoms with Gasteiger partial charge in [0.15, 0.2) is 0 Å². The van der Waals surface area contributed by atoms with E-state index in [9.17, 15) is 18.8 Å². The maximum Gasteiger partial charge on any atom is 0.319 e. The lowest BCUT2D eigenvalue weighted by Gasteiger charge is -2.28. The predicted octanol–water partition coefficient (Wildman–Crippen LogP) is 2.37. The van der Waals surface area contributed by atoms with Crippen LogP contribution in [0, 0.1) is 11.7 Å². The molecule has 0 bridgehead atoms. The standard InChI is InChI=1S/C19H25FN4O4/c20-13-3-7-14(8-4-13)21-18(27)22-16-9-10-24(11-16)19(28)23-15-5-1-12(2-6-15)17(25)26/h3-4,7-8,12,15-16H,1-2,5-6,9-11H2,(H,23,28)(H,25,26)(H2,21,22,27). The number of aliphatic carboxylic acids is 1. The van der Waals surface area contributed by atoms with Gasteiger partial charge in [-0.15, -0.1) is 0 Å². The number of rotatable bonds is 4. The summed E-state index contributed by atoms with van der Waals surface area (Å²) < 4.78 is 12.9. The lowest BCUT2D eigenvalue weighted by Crippen LogP contribution is -2.47. The van der Waals surface area contributed by atoms with Crippen molar-refractivity contribution in [3.63, 3.8) is 0 Å². The van der Waals surface area contributed by atoms with Crippen LogP contribution in [-0.4, -0.2) is 53.2 Å². The van der Waals surface area contributed by atoms with Crippen LogP contribution in [0.4, 0.5) is 19.7 Å². The van der Waals surface area contributed by atoms with Crippen LogP contribution in [0.5, 0.6) is 0 Å². The molecular weight excluding hydrogens is 367 g/mol. The van der Waals surface area contributed by atoms with E-state index >= 15 is 0 Å². The molecule has 8 nitrogen and oxygen atoms in total. The first-order valence-electron chi connectivity index (χ1n) is 9.52. The number of hydrogen-bond acceptors (Lipinski definition) is 3. The molecule has 0 aromatic heterocycles. The molecule has 28 heavy (non-hydrogen) atoms. The third-order valence-corrected chi connectivity index (χ3v) is 5.32. The first-order chi connectivity index (χ1) is 13.4. The zero-order valence-corrected chi connectivity index (χ0v) is 15.5. The number of nitrogens with one attached hydrogen (secondary N) is 3. The molecule has 0 spiro atoms. The number of amides is 4. The van der Waals surface area contributed by atoms with E-state index in [2.05, 4.69) is 16.0 Å². The Morgan fingerprint density at radius 1 is 0.964 bits per heavy atom. The van der Waals surface area contributed by atoms with Crippen LogP contribution in [0.15, 0.2) is 24.3 Å². The van der Waals surface area contributed by atoms with Gasteiger partial charge in [0.05, 0.1) is 5.92 Å². The molecule has 3 rings (SSSR count). The molecule has 1 unspecified atom stereocenters. The largest absolute Gasteiger partial charge is 0.481 e. The molecule has 4 N–H and O–H groups in total. The highest BCUT2D eigenvalue weighted by molar-refractivity contribution is 5.89. The van der Waals surface area contributed by atoms with Crippen molar-refractivity contribution < 1.29 is 23.9 Å². The summed E-state index contributed by atoms with van der Waals surface area (Å²) in [6, 6.07) is 4.74. The number of carboxylic acids is 1. The zero-order chi connectivity index (χ0) is 20.1. The molecule has 9 heteroatoms. The molecule has 1 heterocycles. The van der Waals surface area contributed by atoms with Crippen LogP contribution in [0.3, 0.4) is 0 Å². The number of halogens is 1. The molecule has 1 aliphatic carbocycles. The lowest BCUT2D eigenvalue weighted by molar-refractivity contribution is -0.142. The molecule has 4 amide bonds. The van der Waals surface area contributed by atoms with Gasteiger partial charge in [0.25, 0.3) is 0 Å². The average Bonchev–Trinajstić information content (AvgIpc) is 3.12. The molecular formula is C19H25FN4O4. The first-order valence-corrected chi connectivity index (χ1v) is 9.52. The van der Waals surface area contributed by atoms with Crippen molar-refractivity contribution in [1.29, 1.82) is 0 Å². The topological polar surface area (TPSA) is 111 Å². The van der Waals surface area contributed by atoms with Gasteiger partial charge in [-0.1, -0.05) is 0 Å². The number of benzene rings is 1. The summed E-state index contributed by atoms with van der Waals surface area (Å²) in [6.07, 6.45) is 3.13. The summed E-state index contributed by atoms with van der Waals surface area (Å²) in [7, 11) is 0. The molecule has 2 fully saturated rings. The van der Waals surface area contributed by atoms with E-state index in [0.717, 1.165) is 0 Å². The van der Waals surface area contributed by atoms with Crippen molar-refractivity contribution in [2.24, 2.45) is 5.92 Å². The summed E-state index contributed by atoms with van der Waals surface area (Å²) in [5.74, 6) is -1.45. The zero-order valence-electron chi connectivity index (χ0n) is 15.5. The number of nitrogens with zero attached hydrogens (tertiary/aromatic N) is 1. The van der Waals surface area contributed by atoms with Gasteiger partial charge >= 0.3 is 18.0 Å². The van der Waals surface area contributed by atoms with Gasteiger partial charge in [-0.25, -0.2) is 14.0 Å². The van der Waals surface area contributed by atoms with E-state index in [-0.39, 0.29) is 29.8 Å². The van der Waals surface area contributed by atoms with Crippen LogP contribution in [0.2, 0.25) is 0 Å². The Bertz CT molecular complexity index is 719. The number of anilines is 1. The third kappa shape index (κ3) is 5.34. The maximum atomic E-state index is 12.9. The van der Waals surface area contributed by atoms with Crippen molar-refractivity contribution in [3.05, 3.63) is 30.1 Å². The highest BCUT2D eigenvalue weighted by atomic mass is 19.1. The fraction of sp³-hybridized carbons (Fsp3) is 0.526. The first kappa shape index (κ1) is 19.9. The van der Waals surface area contributed by atoms with Gasteiger partial charge < -0.3 is 26.0 Å². The maximum absolute atomic E-state index is 12.9. The Balaban J connectivity index is 1.39. The fourth-order valence-corrected chi connectivity index (χ4v) is 3.70. The Morgan fingerprint density at radius 2 is 1.64 bits per heavy atom. The second-order valence-corrected chi connectivity index (χ2v) is 7.37. The Hall–Kier alpha value is -2.84. The smallest absolute Gasteiger partial charge is 0.319 e. The van der Waals surface area contributed by atoms with E-state index in [1.807, 2.05) is 0 Å². The van der Waals surface area contributed by atoms with Crippen LogP contribution in [-0.2, 0) is 4.79 Å². The SMILES string of the molecule is O=C(Nc1ccc(F)cc1)NC1CCN(C(=O)NC2CCC(C(=O)O)CC2)C1. The molecule has 1 saturated carbocycles. The van der Waals surface area contributed by atoms with Crippen molar-refractivity contribution in [2.45, 2.75) is 44.2 Å². The molecule has 1 aromatic carbocycles. The number of carbonyl (C=O) groups excluding carboxylic acids is 2. The van der Waals surface area contributed by atoms with Gasteiger partial charge in [-0.05, 0) is 56.4 Å².